The van der Waals surface area contributed by atoms with Crippen LogP contribution in [0.2, 0.25) is 0 Å². The summed E-state index contributed by atoms with van der Waals surface area (Å²) in [6.07, 6.45) is 2.60. The summed E-state index contributed by atoms with van der Waals surface area (Å²) in [7, 11) is 0. The van der Waals surface area contributed by atoms with E-state index in [1.165, 1.54) is 17.2 Å². The van der Waals surface area contributed by atoms with E-state index >= 15 is 0 Å². The molecule has 36 heavy (non-hydrogen) atoms. The number of benzene rings is 2. The average Bonchev–Trinajstić information content (AvgIpc) is 3.38. The Morgan fingerprint density at radius 3 is 2.67 bits per heavy atom. The molecule has 1 fully saturated rings. The van der Waals surface area contributed by atoms with E-state index in [4.69, 9.17) is 12.2 Å². The number of allylic oxidation sites excluding steroid dienone is 2. The lowest BCUT2D eigenvalue weighted by molar-refractivity contribution is -0.137. The van der Waals surface area contributed by atoms with Crippen molar-refractivity contribution in [3.05, 3.63) is 99.4 Å². The van der Waals surface area contributed by atoms with Crippen LogP contribution in [-0.4, -0.2) is 32.6 Å². The third-order valence-electron chi connectivity index (χ3n) is 4.94. The minimum Gasteiger partial charge on any atom is -0.300 e. The molecule has 0 saturated carbocycles. The number of nitrogens with one attached hydrogen (secondary N) is 1. The van der Waals surface area contributed by atoms with Crippen LogP contribution in [0.25, 0.3) is 6.08 Å². The zero-order chi connectivity index (χ0) is 25.7. The Labute approximate surface area is 218 Å². The molecule has 2 heterocycles. The number of alkyl halides is 3. The van der Waals surface area contributed by atoms with Crippen molar-refractivity contribution in [1.82, 2.24) is 9.88 Å². The largest absolute Gasteiger partial charge is 0.416 e. The zero-order valence-electron chi connectivity index (χ0n) is 18.5. The Morgan fingerprint density at radius 2 is 1.92 bits per heavy atom. The lowest BCUT2D eigenvalue weighted by Gasteiger charge is -2.13. The molecule has 0 radical (unpaired) electrons. The number of anilines is 1. The molecule has 2 aromatic carbocycles. The lowest BCUT2D eigenvalue weighted by atomic mass is 10.1. The standard InChI is InChI=1S/C25H18F3N3O2S3/c26-25(27,28)18-10-4-9-17(12-18)13-19-14-29-23(35-19)30-21(32)15-31-22(33)20(36-24(31)34)11-5-8-16-6-2-1-3-7-16/h1-12,14H,13,15H2,(H,29,30,32). The summed E-state index contributed by atoms with van der Waals surface area (Å²) in [4.78, 5) is 31.7. The van der Waals surface area contributed by atoms with Gasteiger partial charge in [-0.1, -0.05) is 84.7 Å². The highest BCUT2D eigenvalue weighted by Crippen LogP contribution is 2.32. The topological polar surface area (TPSA) is 62.3 Å². The quantitative estimate of drug-likeness (QED) is 0.285. The van der Waals surface area contributed by atoms with Crippen molar-refractivity contribution in [2.24, 2.45) is 0 Å². The van der Waals surface area contributed by atoms with Gasteiger partial charge in [0.1, 0.15) is 10.9 Å². The molecule has 11 heteroatoms. The number of amides is 2. The van der Waals surface area contributed by atoms with Crippen molar-refractivity contribution >= 4 is 62.7 Å². The summed E-state index contributed by atoms with van der Waals surface area (Å²) in [6, 6.07) is 14.7. The van der Waals surface area contributed by atoms with Crippen LogP contribution < -0.4 is 5.32 Å². The molecule has 1 aromatic heterocycles. The molecule has 3 aromatic rings. The second-order valence-electron chi connectivity index (χ2n) is 7.61. The van der Waals surface area contributed by atoms with E-state index in [1.807, 2.05) is 36.4 Å². The number of aromatic nitrogens is 1. The van der Waals surface area contributed by atoms with Crippen molar-refractivity contribution in [1.29, 1.82) is 0 Å². The number of carbonyl (C=O) groups excluding carboxylic acids is 2. The number of hydrogen-bond acceptors (Lipinski definition) is 6. The molecule has 0 unspecified atom stereocenters. The molecular weight excluding hydrogens is 527 g/mol. The molecule has 184 valence electrons. The molecular formula is C25H18F3N3O2S3. The van der Waals surface area contributed by atoms with Gasteiger partial charge in [0, 0.05) is 17.5 Å². The molecule has 1 aliphatic heterocycles. The van der Waals surface area contributed by atoms with Crippen molar-refractivity contribution in [3.63, 3.8) is 0 Å². The molecule has 0 aliphatic carbocycles. The Morgan fingerprint density at radius 1 is 1.14 bits per heavy atom. The van der Waals surface area contributed by atoms with Gasteiger partial charge >= 0.3 is 6.18 Å². The number of halogens is 3. The van der Waals surface area contributed by atoms with Gasteiger partial charge in [0.2, 0.25) is 5.91 Å². The summed E-state index contributed by atoms with van der Waals surface area (Å²) in [5.74, 6) is -0.838. The number of thiocarbonyl (C=S) groups is 1. The normalized spacial score (nSPS) is 15.3. The maximum absolute atomic E-state index is 12.9. The fourth-order valence-corrected chi connectivity index (χ4v) is 5.34. The van der Waals surface area contributed by atoms with Crippen LogP contribution in [0.1, 0.15) is 21.6 Å². The Bertz CT molecular complexity index is 1350. The van der Waals surface area contributed by atoms with Gasteiger partial charge in [-0.05, 0) is 23.3 Å². The van der Waals surface area contributed by atoms with Crippen LogP contribution in [-0.2, 0) is 22.2 Å². The summed E-state index contributed by atoms with van der Waals surface area (Å²) in [5.41, 5.74) is 0.752. The van der Waals surface area contributed by atoms with E-state index in [9.17, 15) is 22.8 Å². The maximum Gasteiger partial charge on any atom is 0.416 e. The van der Waals surface area contributed by atoms with E-state index in [2.05, 4.69) is 10.3 Å². The minimum atomic E-state index is -4.41. The second-order valence-corrected chi connectivity index (χ2v) is 10.4. The number of carbonyl (C=O) groups is 2. The average molecular weight is 546 g/mol. The van der Waals surface area contributed by atoms with Crippen LogP contribution in [0.15, 0.2) is 77.9 Å². The second kappa shape index (κ2) is 11.2. The summed E-state index contributed by atoms with van der Waals surface area (Å²) in [5, 5.41) is 2.91. The first-order chi connectivity index (χ1) is 17.2. The first-order valence-electron chi connectivity index (χ1n) is 10.6. The SMILES string of the molecule is O=C(CN1C(=O)C(=CC=Cc2ccccc2)SC1=S)Nc1ncc(Cc2cccc(C(F)(F)F)c2)s1. The number of hydrogen-bond donors (Lipinski definition) is 1. The lowest BCUT2D eigenvalue weighted by Crippen LogP contribution is -2.36. The highest BCUT2D eigenvalue weighted by atomic mass is 32.2. The van der Waals surface area contributed by atoms with Crippen molar-refractivity contribution in [3.8, 4) is 0 Å². The molecule has 1 aliphatic rings. The number of rotatable bonds is 7. The van der Waals surface area contributed by atoms with Gasteiger partial charge in [0.05, 0.1) is 10.5 Å². The van der Waals surface area contributed by atoms with Crippen molar-refractivity contribution < 1.29 is 22.8 Å². The van der Waals surface area contributed by atoms with Gasteiger partial charge < -0.3 is 5.32 Å². The molecule has 1 saturated heterocycles. The number of thioether (sulfide) groups is 1. The highest BCUT2D eigenvalue weighted by molar-refractivity contribution is 8.26. The molecule has 0 bridgehead atoms. The van der Waals surface area contributed by atoms with Crippen molar-refractivity contribution in [2.45, 2.75) is 12.6 Å². The monoisotopic (exact) mass is 545 g/mol. The Hall–Kier alpha value is -3.28. The fraction of sp³-hybridized carbons (Fsp3) is 0.120. The van der Waals surface area contributed by atoms with E-state index < -0.39 is 17.6 Å². The summed E-state index contributed by atoms with van der Waals surface area (Å²) in [6.45, 7) is -0.271. The van der Waals surface area contributed by atoms with Gasteiger partial charge in [-0.25, -0.2) is 4.98 Å². The summed E-state index contributed by atoms with van der Waals surface area (Å²) < 4.78 is 39.1. The highest BCUT2D eigenvalue weighted by Gasteiger charge is 2.33. The molecule has 0 atom stereocenters. The van der Waals surface area contributed by atoms with Gasteiger partial charge in [0.25, 0.3) is 5.91 Å². The number of nitrogens with zero attached hydrogens (tertiary/aromatic N) is 2. The third-order valence-corrected chi connectivity index (χ3v) is 7.25. The zero-order valence-corrected chi connectivity index (χ0v) is 20.9. The van der Waals surface area contributed by atoms with E-state index in [-0.39, 0.29) is 28.3 Å². The first-order valence-corrected chi connectivity index (χ1v) is 12.6. The van der Waals surface area contributed by atoms with Crippen LogP contribution in [0.3, 0.4) is 0 Å². The fourth-order valence-electron chi connectivity index (χ4n) is 3.27. The predicted molar refractivity (Wildman–Crippen MR) is 140 cm³/mol. The van der Waals surface area contributed by atoms with Crippen LogP contribution in [0.4, 0.5) is 18.3 Å². The molecule has 2 amide bonds. The predicted octanol–water partition coefficient (Wildman–Crippen LogP) is 6.15. The summed E-state index contributed by atoms with van der Waals surface area (Å²) >= 11 is 7.54. The molecule has 1 N–H and O–H groups in total. The van der Waals surface area contributed by atoms with Gasteiger partial charge in [-0.2, -0.15) is 13.2 Å². The third kappa shape index (κ3) is 6.68. The minimum absolute atomic E-state index is 0.243. The maximum atomic E-state index is 12.9. The van der Waals surface area contributed by atoms with Crippen LogP contribution >= 0.6 is 35.3 Å². The van der Waals surface area contributed by atoms with Gasteiger partial charge in [0.15, 0.2) is 5.13 Å². The smallest absolute Gasteiger partial charge is 0.300 e. The first kappa shape index (κ1) is 25.8. The Kier molecular flexibility index (Phi) is 8.02. The van der Waals surface area contributed by atoms with Crippen LogP contribution in [0.5, 0.6) is 0 Å². The van der Waals surface area contributed by atoms with Crippen LogP contribution in [0, 0.1) is 0 Å². The van der Waals surface area contributed by atoms with Gasteiger partial charge in [-0.15, -0.1) is 11.3 Å². The number of thiazole rings is 1. The van der Waals surface area contributed by atoms with E-state index in [0.29, 0.717) is 15.3 Å². The molecule has 4 rings (SSSR count). The molecule has 0 spiro atoms. The van der Waals surface area contributed by atoms with Gasteiger partial charge in [-0.3, -0.25) is 14.5 Å². The van der Waals surface area contributed by atoms with E-state index in [0.717, 1.165) is 40.8 Å². The van der Waals surface area contributed by atoms with E-state index in [1.54, 1.807) is 18.2 Å². The van der Waals surface area contributed by atoms with Crippen molar-refractivity contribution in [2.75, 3.05) is 11.9 Å². The molecule has 5 nitrogen and oxygen atoms in total. The Balaban J connectivity index is 1.33.